The van der Waals surface area contributed by atoms with E-state index in [1.165, 1.54) is 13.2 Å². The molecule has 1 aromatic heterocycles. The van der Waals surface area contributed by atoms with Gasteiger partial charge in [-0.1, -0.05) is 12.1 Å². The van der Waals surface area contributed by atoms with Crippen molar-refractivity contribution in [1.82, 2.24) is 25.2 Å². The third-order valence-electron chi connectivity index (χ3n) is 7.09. The minimum absolute atomic E-state index is 0. The summed E-state index contributed by atoms with van der Waals surface area (Å²) < 4.78 is 37.7. The average Bonchev–Trinajstić information content (AvgIpc) is 2.98. The Morgan fingerprint density at radius 1 is 1.12 bits per heavy atom. The van der Waals surface area contributed by atoms with Crippen LogP contribution in [0, 0.1) is 11.6 Å². The molecule has 0 spiro atoms. The summed E-state index contributed by atoms with van der Waals surface area (Å²) >= 11 is 0. The number of piperidine rings is 1. The van der Waals surface area contributed by atoms with Crippen LogP contribution in [-0.4, -0.2) is 91.1 Å². The van der Waals surface area contributed by atoms with Crippen molar-refractivity contribution in [2.45, 2.75) is 24.8 Å². The van der Waals surface area contributed by atoms with Crippen molar-refractivity contribution in [3.8, 4) is 0 Å². The summed E-state index contributed by atoms with van der Waals surface area (Å²) in [5, 5.41) is 4.21. The lowest BCUT2D eigenvalue weighted by Gasteiger charge is -2.40. The summed E-state index contributed by atoms with van der Waals surface area (Å²) in [5.74, 6) is -3.22. The second-order valence-corrected chi connectivity index (χ2v) is 9.70. The Hall–Kier alpha value is -3.65. The number of pyridine rings is 1. The van der Waals surface area contributed by atoms with E-state index in [1.807, 2.05) is 23.1 Å². The fraction of sp³-hybridized carbons (Fsp3) is 0.393. The minimum atomic E-state index is -1.24. The van der Waals surface area contributed by atoms with Crippen molar-refractivity contribution in [3.63, 3.8) is 0 Å². The van der Waals surface area contributed by atoms with Crippen LogP contribution in [0.25, 0.3) is 0 Å². The third-order valence-corrected chi connectivity index (χ3v) is 7.09. The standard InChI is InChI=1S/C28H31F2N5O6.2ClH/c1-40-16-24-25(27(38)41-2)26(19-6-7-21(29)22(30)13-19)32-28(39)35(24)34(17-36)15-20(37)14-33-11-8-18(9-12-33)23-5-3-4-10-31-23;;/h3-7,10,13,17-18,26H,8-9,11-12,14-16H2,1-2H3,(H,32,39);2*1H. The second-order valence-electron chi connectivity index (χ2n) is 9.70. The molecule has 43 heavy (non-hydrogen) atoms. The number of nitrogens with one attached hydrogen (secondary N) is 1. The number of hydrogen-bond donors (Lipinski definition) is 1. The summed E-state index contributed by atoms with van der Waals surface area (Å²) in [6, 6.07) is 6.60. The first-order valence-corrected chi connectivity index (χ1v) is 13.0. The first kappa shape index (κ1) is 35.5. The molecule has 15 heteroatoms. The van der Waals surface area contributed by atoms with E-state index in [9.17, 15) is 28.0 Å². The van der Waals surface area contributed by atoms with Crippen molar-refractivity contribution in [3.05, 3.63) is 76.8 Å². The zero-order valence-electron chi connectivity index (χ0n) is 23.5. The molecular weight excluding hydrogens is 611 g/mol. The lowest BCUT2D eigenvalue weighted by Crippen LogP contribution is -2.57. The number of ether oxygens (including phenoxy) is 2. The van der Waals surface area contributed by atoms with Crippen LogP contribution in [0.15, 0.2) is 53.9 Å². The molecule has 11 nitrogen and oxygen atoms in total. The molecule has 0 radical (unpaired) electrons. The van der Waals surface area contributed by atoms with E-state index in [2.05, 4.69) is 10.3 Å². The molecule has 2 aliphatic rings. The Labute approximate surface area is 260 Å². The maximum atomic E-state index is 14.0. The number of hydrazine groups is 1. The van der Waals surface area contributed by atoms with E-state index in [4.69, 9.17) is 9.47 Å². The second kappa shape index (κ2) is 16.3. The number of carbonyl (C=O) groups is 4. The average molecular weight is 645 g/mol. The fourth-order valence-electron chi connectivity index (χ4n) is 5.13. The number of nitrogens with zero attached hydrogens (tertiary/aromatic N) is 4. The maximum Gasteiger partial charge on any atom is 0.341 e. The number of Topliss-reactive ketones (excluding diaryl/α,β-unsaturated/α-hetero) is 1. The predicted molar refractivity (Wildman–Crippen MR) is 155 cm³/mol. The van der Waals surface area contributed by atoms with E-state index >= 15 is 0 Å². The Morgan fingerprint density at radius 3 is 2.42 bits per heavy atom. The van der Waals surface area contributed by atoms with Crippen LogP contribution >= 0.6 is 24.8 Å². The van der Waals surface area contributed by atoms with Gasteiger partial charge in [-0.2, -0.15) is 0 Å². The summed E-state index contributed by atoms with van der Waals surface area (Å²) in [5.41, 5.74) is 0.820. The molecule has 4 rings (SSSR count). The highest BCUT2D eigenvalue weighted by atomic mass is 35.5. The van der Waals surface area contributed by atoms with Gasteiger partial charge in [0.2, 0.25) is 6.41 Å². The van der Waals surface area contributed by atoms with Gasteiger partial charge in [0.05, 0.1) is 37.6 Å². The zero-order chi connectivity index (χ0) is 29.5. The first-order valence-electron chi connectivity index (χ1n) is 13.0. The summed E-state index contributed by atoms with van der Waals surface area (Å²) in [6.07, 6.45) is 3.71. The van der Waals surface area contributed by atoms with Crippen LogP contribution in [-0.2, 0) is 23.9 Å². The van der Waals surface area contributed by atoms with Gasteiger partial charge >= 0.3 is 12.0 Å². The summed E-state index contributed by atoms with van der Waals surface area (Å²) in [4.78, 5) is 57.8. The summed E-state index contributed by atoms with van der Waals surface area (Å²) in [6.45, 7) is 0.580. The van der Waals surface area contributed by atoms with E-state index in [0.29, 0.717) is 25.4 Å². The summed E-state index contributed by atoms with van der Waals surface area (Å²) in [7, 11) is 2.42. The van der Waals surface area contributed by atoms with Gasteiger partial charge in [0, 0.05) is 24.9 Å². The van der Waals surface area contributed by atoms with Gasteiger partial charge in [-0.15, -0.1) is 24.8 Å². The number of halogens is 4. The van der Waals surface area contributed by atoms with Crippen molar-refractivity contribution in [2.24, 2.45) is 0 Å². The molecule has 234 valence electrons. The van der Waals surface area contributed by atoms with Crippen molar-refractivity contribution < 1.29 is 37.4 Å². The number of carbonyl (C=O) groups excluding carboxylic acids is 4. The lowest BCUT2D eigenvalue weighted by atomic mass is 9.93. The van der Waals surface area contributed by atoms with Gasteiger partial charge in [0.25, 0.3) is 0 Å². The topological polar surface area (TPSA) is 121 Å². The van der Waals surface area contributed by atoms with Crippen LogP contribution < -0.4 is 5.32 Å². The highest BCUT2D eigenvalue weighted by molar-refractivity contribution is 5.95. The van der Waals surface area contributed by atoms with Crippen LogP contribution in [0.1, 0.15) is 36.1 Å². The fourth-order valence-corrected chi connectivity index (χ4v) is 5.13. The SMILES string of the molecule is COCC1=C(C(=O)OC)C(c2ccc(F)c(F)c2)NC(=O)N1N(C=O)CC(=O)CN1CCC(c2ccccn2)CC1.Cl.Cl. The molecule has 3 amide bonds. The van der Waals surface area contributed by atoms with E-state index in [0.717, 1.165) is 47.8 Å². The molecule has 2 aromatic rings. The number of ketones is 1. The molecular formula is C28H33Cl2F2N5O6. The molecule has 1 atom stereocenters. The van der Waals surface area contributed by atoms with Gasteiger partial charge in [0.15, 0.2) is 17.4 Å². The molecule has 0 bridgehead atoms. The number of likely N-dealkylation sites (tertiary alicyclic amines) is 1. The van der Waals surface area contributed by atoms with E-state index in [1.54, 1.807) is 6.20 Å². The Morgan fingerprint density at radius 2 is 1.84 bits per heavy atom. The smallest absolute Gasteiger partial charge is 0.341 e. The van der Waals surface area contributed by atoms with Crippen LogP contribution in [0.3, 0.4) is 0 Å². The number of esters is 1. The molecule has 3 heterocycles. The number of aromatic nitrogens is 1. The van der Waals surface area contributed by atoms with E-state index in [-0.39, 0.29) is 60.6 Å². The van der Waals surface area contributed by atoms with Gasteiger partial charge in [-0.05, 0) is 55.8 Å². The maximum absolute atomic E-state index is 14.0. The molecule has 0 saturated carbocycles. The molecule has 1 aromatic carbocycles. The van der Waals surface area contributed by atoms with Gasteiger partial charge in [-0.3, -0.25) is 19.5 Å². The highest BCUT2D eigenvalue weighted by Gasteiger charge is 2.41. The van der Waals surface area contributed by atoms with Crippen molar-refractivity contribution >= 4 is 49.0 Å². The van der Waals surface area contributed by atoms with E-state index < -0.39 is 36.2 Å². The van der Waals surface area contributed by atoms with Crippen LogP contribution in [0.4, 0.5) is 13.6 Å². The zero-order valence-corrected chi connectivity index (χ0v) is 25.2. The molecule has 2 aliphatic heterocycles. The molecule has 1 N–H and O–H groups in total. The highest BCUT2D eigenvalue weighted by Crippen LogP contribution is 2.33. The van der Waals surface area contributed by atoms with Crippen molar-refractivity contribution in [2.75, 3.05) is 47.0 Å². The minimum Gasteiger partial charge on any atom is -0.466 e. The first-order chi connectivity index (χ1) is 19.8. The van der Waals surface area contributed by atoms with Crippen LogP contribution in [0.5, 0.6) is 0 Å². The predicted octanol–water partition coefficient (Wildman–Crippen LogP) is 3.17. The largest absolute Gasteiger partial charge is 0.466 e. The Kier molecular flexibility index (Phi) is 13.4. The lowest BCUT2D eigenvalue weighted by molar-refractivity contribution is -0.139. The van der Waals surface area contributed by atoms with Gasteiger partial charge < -0.3 is 14.8 Å². The quantitative estimate of drug-likeness (QED) is 0.293. The monoisotopic (exact) mass is 643 g/mol. The normalized spacial score (nSPS) is 17.3. The molecule has 0 aliphatic carbocycles. The number of hydrogen-bond acceptors (Lipinski definition) is 8. The number of methoxy groups -OCH3 is 2. The molecule has 1 fully saturated rings. The van der Waals surface area contributed by atoms with Crippen molar-refractivity contribution in [1.29, 1.82) is 0 Å². The molecule has 1 saturated heterocycles. The number of benzene rings is 1. The van der Waals surface area contributed by atoms with Crippen LogP contribution in [0.2, 0.25) is 0 Å². The Bertz CT molecular complexity index is 1330. The Balaban J connectivity index is 0.00000323. The molecule has 1 unspecified atom stereocenters. The number of rotatable bonds is 11. The number of urea groups is 1. The van der Waals surface area contributed by atoms with Gasteiger partial charge in [-0.25, -0.2) is 28.4 Å². The third kappa shape index (κ3) is 8.25. The number of amides is 3. The van der Waals surface area contributed by atoms with Gasteiger partial charge in [0.1, 0.15) is 6.54 Å².